The molecule has 0 aromatic heterocycles. The molecular weight excluding hydrogens is 402 g/mol. The molecule has 0 radical (unpaired) electrons. The van der Waals surface area contributed by atoms with Crippen molar-refractivity contribution >= 4 is 17.2 Å². The Morgan fingerprint density at radius 2 is 1.75 bits per heavy atom. The molecule has 1 fully saturated rings. The minimum Gasteiger partial charge on any atom is -0.462 e. The van der Waals surface area contributed by atoms with Crippen LogP contribution in [0.25, 0.3) is 11.3 Å². The molecule has 1 heterocycles. The minimum atomic E-state index is -0.856. The highest BCUT2D eigenvalue weighted by Gasteiger charge is 2.65. The SMILES string of the molecule is CCOC/C=C(\c1ccccc1)N1CCC2C(c3ccccc3)=C(C(=O)OCC)C21OC. The topological polar surface area (TPSA) is 48.0 Å². The summed E-state index contributed by atoms with van der Waals surface area (Å²) in [5, 5.41) is 0. The number of ether oxygens (including phenoxy) is 3. The van der Waals surface area contributed by atoms with Crippen molar-refractivity contribution in [1.29, 1.82) is 0 Å². The molecule has 168 valence electrons. The van der Waals surface area contributed by atoms with E-state index in [4.69, 9.17) is 14.2 Å². The van der Waals surface area contributed by atoms with Crippen molar-refractivity contribution in [3.8, 4) is 0 Å². The predicted molar refractivity (Wildman–Crippen MR) is 125 cm³/mol. The Balaban J connectivity index is 1.84. The molecule has 2 aromatic rings. The summed E-state index contributed by atoms with van der Waals surface area (Å²) < 4.78 is 17.4. The van der Waals surface area contributed by atoms with Crippen molar-refractivity contribution in [1.82, 2.24) is 4.90 Å². The Kier molecular flexibility index (Phi) is 6.77. The number of likely N-dealkylation sites (tertiary alicyclic amines) is 1. The lowest BCUT2D eigenvalue weighted by atomic mass is 9.66. The number of carbonyl (C=O) groups is 1. The van der Waals surface area contributed by atoms with Crippen LogP contribution in [0, 0.1) is 5.92 Å². The maximum Gasteiger partial charge on any atom is 0.339 e. The van der Waals surface area contributed by atoms with Crippen molar-refractivity contribution in [3.63, 3.8) is 0 Å². The quantitative estimate of drug-likeness (QED) is 0.422. The number of rotatable bonds is 9. The van der Waals surface area contributed by atoms with E-state index in [0.717, 1.165) is 35.4 Å². The van der Waals surface area contributed by atoms with Gasteiger partial charge in [0.15, 0.2) is 5.72 Å². The van der Waals surface area contributed by atoms with Crippen molar-refractivity contribution in [3.05, 3.63) is 83.4 Å². The van der Waals surface area contributed by atoms with E-state index in [2.05, 4.69) is 35.2 Å². The first-order valence-electron chi connectivity index (χ1n) is 11.3. The van der Waals surface area contributed by atoms with Crippen LogP contribution in [0.2, 0.25) is 0 Å². The van der Waals surface area contributed by atoms with Gasteiger partial charge in [0.05, 0.1) is 18.8 Å². The third kappa shape index (κ3) is 3.65. The summed E-state index contributed by atoms with van der Waals surface area (Å²) in [4.78, 5) is 15.5. The average molecular weight is 434 g/mol. The average Bonchev–Trinajstić information content (AvgIpc) is 3.12. The van der Waals surface area contributed by atoms with E-state index < -0.39 is 5.72 Å². The second-order valence-electron chi connectivity index (χ2n) is 7.88. The molecule has 0 amide bonds. The number of nitrogens with zero attached hydrogens (tertiary/aromatic N) is 1. The van der Waals surface area contributed by atoms with E-state index in [9.17, 15) is 4.79 Å². The fourth-order valence-corrected chi connectivity index (χ4v) is 5.07. The highest BCUT2D eigenvalue weighted by atomic mass is 16.5. The van der Waals surface area contributed by atoms with Gasteiger partial charge in [0, 0.05) is 31.9 Å². The molecule has 5 nitrogen and oxygen atoms in total. The number of methoxy groups -OCH3 is 1. The first kappa shape index (κ1) is 22.3. The Hall–Kier alpha value is -2.89. The molecule has 2 aliphatic rings. The van der Waals surface area contributed by atoms with E-state index >= 15 is 0 Å². The van der Waals surface area contributed by atoms with Gasteiger partial charge in [0.25, 0.3) is 0 Å². The molecule has 32 heavy (non-hydrogen) atoms. The molecule has 2 aromatic carbocycles. The molecule has 0 saturated carbocycles. The molecule has 0 N–H and O–H groups in total. The third-order valence-corrected chi connectivity index (χ3v) is 6.33. The monoisotopic (exact) mass is 433 g/mol. The largest absolute Gasteiger partial charge is 0.462 e. The first-order chi connectivity index (χ1) is 15.7. The third-order valence-electron chi connectivity index (χ3n) is 6.33. The Morgan fingerprint density at radius 3 is 2.38 bits per heavy atom. The molecule has 1 saturated heterocycles. The molecule has 4 rings (SSSR count). The lowest BCUT2D eigenvalue weighted by Crippen LogP contribution is -2.59. The van der Waals surface area contributed by atoms with Crippen LogP contribution in [0.3, 0.4) is 0 Å². The van der Waals surface area contributed by atoms with Crippen LogP contribution in [0.4, 0.5) is 0 Å². The summed E-state index contributed by atoms with van der Waals surface area (Å²) in [5.74, 6) is -0.234. The number of hydrogen-bond acceptors (Lipinski definition) is 5. The highest BCUT2D eigenvalue weighted by Crippen LogP contribution is 2.60. The molecule has 1 aliphatic heterocycles. The predicted octanol–water partition coefficient (Wildman–Crippen LogP) is 4.76. The molecule has 0 bridgehead atoms. The number of hydrogen-bond donors (Lipinski definition) is 0. The van der Waals surface area contributed by atoms with Crippen molar-refractivity contribution < 1.29 is 19.0 Å². The van der Waals surface area contributed by atoms with Crippen molar-refractivity contribution in [2.45, 2.75) is 26.0 Å². The summed E-state index contributed by atoms with van der Waals surface area (Å²) in [5.41, 5.74) is 3.91. The molecule has 2 unspecified atom stereocenters. The number of benzene rings is 2. The van der Waals surface area contributed by atoms with Crippen LogP contribution in [-0.4, -0.2) is 50.1 Å². The highest BCUT2D eigenvalue weighted by molar-refractivity contribution is 6.06. The summed E-state index contributed by atoms with van der Waals surface area (Å²) in [7, 11) is 1.69. The van der Waals surface area contributed by atoms with Gasteiger partial charge in [-0.15, -0.1) is 0 Å². The fraction of sp³-hybridized carbons (Fsp3) is 0.370. The zero-order valence-corrected chi connectivity index (χ0v) is 19.0. The van der Waals surface area contributed by atoms with Crippen LogP contribution in [-0.2, 0) is 19.0 Å². The normalized spacial score (nSPS) is 22.5. The van der Waals surface area contributed by atoms with Crippen LogP contribution >= 0.6 is 0 Å². The molecule has 5 heteroatoms. The Morgan fingerprint density at radius 1 is 1.06 bits per heavy atom. The van der Waals surface area contributed by atoms with Crippen LogP contribution in [0.5, 0.6) is 0 Å². The lowest BCUT2D eigenvalue weighted by molar-refractivity contribution is -0.149. The van der Waals surface area contributed by atoms with Crippen LogP contribution in [0.15, 0.2) is 72.3 Å². The van der Waals surface area contributed by atoms with Crippen LogP contribution < -0.4 is 0 Å². The van der Waals surface area contributed by atoms with Gasteiger partial charge in [-0.1, -0.05) is 60.7 Å². The van der Waals surface area contributed by atoms with Gasteiger partial charge in [-0.2, -0.15) is 0 Å². The minimum absolute atomic E-state index is 0.0773. The second kappa shape index (κ2) is 9.72. The van der Waals surface area contributed by atoms with Gasteiger partial charge in [-0.25, -0.2) is 4.79 Å². The zero-order chi connectivity index (χ0) is 22.6. The molecule has 2 atom stereocenters. The van der Waals surface area contributed by atoms with E-state index in [0.29, 0.717) is 25.4 Å². The van der Waals surface area contributed by atoms with E-state index in [1.807, 2.05) is 50.2 Å². The Bertz CT molecular complexity index is 999. The van der Waals surface area contributed by atoms with Gasteiger partial charge >= 0.3 is 5.97 Å². The summed E-state index contributed by atoms with van der Waals surface area (Å²) in [6.07, 6.45) is 2.98. The number of fused-ring (bicyclic) bond motifs is 1. The summed E-state index contributed by atoms with van der Waals surface area (Å²) in [6, 6.07) is 20.3. The van der Waals surface area contributed by atoms with Gasteiger partial charge in [-0.05, 0) is 43.0 Å². The van der Waals surface area contributed by atoms with Gasteiger partial charge < -0.3 is 19.1 Å². The van der Waals surface area contributed by atoms with Gasteiger partial charge in [0.2, 0.25) is 0 Å². The fourth-order valence-electron chi connectivity index (χ4n) is 5.07. The van der Waals surface area contributed by atoms with Crippen molar-refractivity contribution in [2.24, 2.45) is 5.92 Å². The number of carbonyl (C=O) groups excluding carboxylic acids is 1. The lowest BCUT2D eigenvalue weighted by Gasteiger charge is -2.51. The first-order valence-corrected chi connectivity index (χ1v) is 11.3. The smallest absolute Gasteiger partial charge is 0.339 e. The zero-order valence-electron chi connectivity index (χ0n) is 19.0. The molecular formula is C27H31NO4. The second-order valence-corrected chi connectivity index (χ2v) is 7.88. The van der Waals surface area contributed by atoms with Gasteiger partial charge in [0.1, 0.15) is 0 Å². The van der Waals surface area contributed by atoms with E-state index in [1.165, 1.54) is 0 Å². The van der Waals surface area contributed by atoms with Gasteiger partial charge in [-0.3, -0.25) is 0 Å². The summed E-state index contributed by atoms with van der Waals surface area (Å²) >= 11 is 0. The maximum absolute atomic E-state index is 13.2. The van der Waals surface area contributed by atoms with E-state index in [-0.39, 0.29) is 11.9 Å². The maximum atomic E-state index is 13.2. The van der Waals surface area contributed by atoms with Crippen LogP contribution in [0.1, 0.15) is 31.4 Å². The van der Waals surface area contributed by atoms with E-state index in [1.54, 1.807) is 7.11 Å². The number of esters is 1. The molecule has 0 spiro atoms. The molecule has 1 aliphatic carbocycles. The standard InChI is InChI=1S/C27H31NO4/c1-4-31-19-17-23(20-12-8-6-9-13-20)28-18-16-22-24(21-14-10-7-11-15-21)25(26(29)32-5-2)27(22,28)30-3/h6-15,17,22H,4-5,16,18-19H2,1-3H3/b23-17+. The summed E-state index contributed by atoms with van der Waals surface area (Å²) in [6.45, 7) is 6.04. The Labute approximate surface area is 190 Å². The van der Waals surface area contributed by atoms with Crippen molar-refractivity contribution in [2.75, 3.05) is 33.5 Å².